The van der Waals surface area contributed by atoms with Gasteiger partial charge < -0.3 is 15.5 Å². The van der Waals surface area contributed by atoms with Crippen LogP contribution in [0.1, 0.15) is 52.8 Å². The highest BCUT2D eigenvalue weighted by Crippen LogP contribution is 2.16. The number of aromatic nitrogens is 2. The van der Waals surface area contributed by atoms with Gasteiger partial charge in [0.2, 0.25) is 0 Å². The van der Waals surface area contributed by atoms with Crippen LogP contribution in [0.3, 0.4) is 0 Å². The van der Waals surface area contributed by atoms with Gasteiger partial charge in [-0.1, -0.05) is 26.0 Å². The first kappa shape index (κ1) is 18.4. The number of nitrogen functional groups attached to an aromatic ring is 1. The zero-order chi connectivity index (χ0) is 19.4. The summed E-state index contributed by atoms with van der Waals surface area (Å²) >= 11 is 0. The number of amidine groups is 1. The predicted octanol–water partition coefficient (Wildman–Crippen LogP) is 3.63. The number of aromatic amines is 1. The number of nitrogens with one attached hydrogen (secondary N) is 2. The molecule has 1 aromatic heterocycles. The van der Waals surface area contributed by atoms with Crippen molar-refractivity contribution in [1.82, 2.24) is 9.97 Å². The molecule has 0 saturated heterocycles. The largest absolute Gasteiger partial charge is 0.423 e. The average Bonchev–Trinajstić information content (AvgIpc) is 3.11. The second-order valence-electron chi connectivity index (χ2n) is 6.65. The summed E-state index contributed by atoms with van der Waals surface area (Å²) in [5.41, 5.74) is 8.59. The lowest BCUT2D eigenvalue weighted by molar-refractivity contribution is 0.0735. The third-order valence-electron chi connectivity index (χ3n) is 4.16. The van der Waals surface area contributed by atoms with Crippen molar-refractivity contribution in [3.8, 4) is 5.75 Å². The normalized spacial score (nSPS) is 10.8. The molecule has 6 heteroatoms. The van der Waals surface area contributed by atoms with Crippen LogP contribution in [0.4, 0.5) is 0 Å². The van der Waals surface area contributed by atoms with E-state index in [0.29, 0.717) is 22.8 Å². The van der Waals surface area contributed by atoms with Crippen molar-refractivity contribution in [3.63, 3.8) is 0 Å². The fourth-order valence-corrected chi connectivity index (χ4v) is 2.61. The fraction of sp³-hybridized carbons (Fsp3) is 0.190. The van der Waals surface area contributed by atoms with E-state index in [1.807, 2.05) is 18.3 Å². The molecule has 4 N–H and O–H groups in total. The van der Waals surface area contributed by atoms with Gasteiger partial charge in [0.25, 0.3) is 0 Å². The topological polar surface area (TPSA) is 105 Å². The maximum absolute atomic E-state index is 12.3. The van der Waals surface area contributed by atoms with E-state index < -0.39 is 5.97 Å². The summed E-state index contributed by atoms with van der Waals surface area (Å²) in [4.78, 5) is 20.0. The Bertz CT molecular complexity index is 941. The van der Waals surface area contributed by atoms with Gasteiger partial charge in [-0.25, -0.2) is 9.78 Å². The molecular weight excluding hydrogens is 340 g/mol. The van der Waals surface area contributed by atoms with Crippen LogP contribution in [0.15, 0.2) is 54.7 Å². The zero-order valence-electron chi connectivity index (χ0n) is 15.3. The lowest BCUT2D eigenvalue weighted by atomic mass is 10.1. The molecule has 0 radical (unpaired) electrons. The Labute approximate surface area is 157 Å². The van der Waals surface area contributed by atoms with Crippen molar-refractivity contribution in [3.05, 3.63) is 82.9 Å². The molecule has 0 amide bonds. The summed E-state index contributed by atoms with van der Waals surface area (Å²) in [6, 6.07) is 13.8. The lowest BCUT2D eigenvalue weighted by Crippen LogP contribution is -2.11. The summed E-state index contributed by atoms with van der Waals surface area (Å²) < 4.78 is 5.36. The molecule has 0 aliphatic heterocycles. The Balaban J connectivity index is 1.63. The average molecular weight is 362 g/mol. The predicted molar refractivity (Wildman–Crippen MR) is 104 cm³/mol. The van der Waals surface area contributed by atoms with Crippen LogP contribution in [-0.4, -0.2) is 21.8 Å². The van der Waals surface area contributed by atoms with E-state index in [1.165, 1.54) is 0 Å². The van der Waals surface area contributed by atoms with Crippen LogP contribution < -0.4 is 10.5 Å². The number of rotatable bonds is 6. The maximum atomic E-state index is 12.3. The number of nitrogens with two attached hydrogens (primary N) is 1. The van der Waals surface area contributed by atoms with Crippen LogP contribution in [0, 0.1) is 5.41 Å². The van der Waals surface area contributed by atoms with Crippen molar-refractivity contribution in [2.45, 2.75) is 26.2 Å². The van der Waals surface area contributed by atoms with E-state index in [9.17, 15) is 4.79 Å². The highest BCUT2D eigenvalue weighted by atomic mass is 16.5. The van der Waals surface area contributed by atoms with E-state index >= 15 is 0 Å². The SMILES string of the molecule is CC(C)c1ncc(Cc2ccc(C(=O)Oc3ccc(C(=N)N)cc3)cc2)[nH]1. The molecule has 0 aliphatic rings. The molecular formula is C21H22N4O2. The van der Waals surface area contributed by atoms with Crippen molar-refractivity contribution < 1.29 is 9.53 Å². The fourth-order valence-electron chi connectivity index (χ4n) is 2.61. The maximum Gasteiger partial charge on any atom is 0.343 e. The number of ether oxygens (including phenoxy) is 1. The molecule has 0 saturated carbocycles. The van der Waals surface area contributed by atoms with Crippen molar-refractivity contribution in [2.24, 2.45) is 5.73 Å². The Kier molecular flexibility index (Phi) is 5.35. The van der Waals surface area contributed by atoms with Gasteiger partial charge in [0.15, 0.2) is 0 Å². The van der Waals surface area contributed by atoms with Gasteiger partial charge in [0.1, 0.15) is 17.4 Å². The molecule has 138 valence electrons. The first-order chi connectivity index (χ1) is 12.9. The molecule has 0 fully saturated rings. The van der Waals surface area contributed by atoms with Crippen molar-refractivity contribution in [2.75, 3.05) is 0 Å². The molecule has 3 aromatic rings. The standard InChI is InChI=1S/C21H22N4O2/c1-13(2)20-24-12-17(25-20)11-14-3-5-16(6-4-14)21(26)27-18-9-7-15(8-10-18)19(22)23/h3-10,12-13H,11H2,1-2H3,(H3,22,23)(H,24,25). The third-order valence-corrected chi connectivity index (χ3v) is 4.16. The van der Waals surface area contributed by atoms with Gasteiger partial charge in [-0.2, -0.15) is 0 Å². The Morgan fingerprint density at radius 2 is 1.74 bits per heavy atom. The van der Waals surface area contributed by atoms with Crippen LogP contribution in [0.5, 0.6) is 5.75 Å². The van der Waals surface area contributed by atoms with Crippen LogP contribution in [0.25, 0.3) is 0 Å². The first-order valence-electron chi connectivity index (χ1n) is 8.71. The Morgan fingerprint density at radius 3 is 2.30 bits per heavy atom. The van der Waals surface area contributed by atoms with E-state index in [2.05, 4.69) is 23.8 Å². The minimum atomic E-state index is -0.430. The molecule has 0 aliphatic carbocycles. The highest BCUT2D eigenvalue weighted by molar-refractivity contribution is 5.95. The number of H-pyrrole nitrogens is 1. The quantitative estimate of drug-likeness (QED) is 0.269. The monoisotopic (exact) mass is 362 g/mol. The molecule has 27 heavy (non-hydrogen) atoms. The zero-order valence-corrected chi connectivity index (χ0v) is 15.3. The number of hydrogen-bond acceptors (Lipinski definition) is 4. The number of carbonyl (C=O) groups excluding carboxylic acids is 1. The molecule has 0 bridgehead atoms. The third kappa shape index (κ3) is 4.61. The van der Waals surface area contributed by atoms with Gasteiger partial charge in [-0.3, -0.25) is 5.41 Å². The molecule has 1 heterocycles. The van der Waals surface area contributed by atoms with E-state index in [4.69, 9.17) is 15.9 Å². The Morgan fingerprint density at radius 1 is 1.11 bits per heavy atom. The number of benzene rings is 2. The van der Waals surface area contributed by atoms with Crippen LogP contribution in [-0.2, 0) is 6.42 Å². The number of nitrogens with zero attached hydrogens (tertiary/aromatic N) is 1. The number of esters is 1. The Hall–Kier alpha value is -3.41. The molecule has 0 atom stereocenters. The van der Waals surface area contributed by atoms with Crippen molar-refractivity contribution in [1.29, 1.82) is 5.41 Å². The van der Waals surface area contributed by atoms with E-state index in [1.54, 1.807) is 36.4 Å². The van der Waals surface area contributed by atoms with Gasteiger partial charge in [-0.05, 0) is 42.0 Å². The number of imidazole rings is 1. The van der Waals surface area contributed by atoms with Crippen LogP contribution >= 0.6 is 0 Å². The summed E-state index contributed by atoms with van der Waals surface area (Å²) in [5, 5.41) is 7.37. The number of hydrogen-bond donors (Lipinski definition) is 3. The van der Waals surface area contributed by atoms with Gasteiger partial charge in [-0.15, -0.1) is 0 Å². The minimum Gasteiger partial charge on any atom is -0.423 e. The number of carbonyl (C=O) groups is 1. The summed E-state index contributed by atoms with van der Waals surface area (Å²) in [5.74, 6) is 1.29. The minimum absolute atomic E-state index is 0.0266. The first-order valence-corrected chi connectivity index (χ1v) is 8.71. The van der Waals surface area contributed by atoms with Crippen LogP contribution in [0.2, 0.25) is 0 Å². The summed E-state index contributed by atoms with van der Waals surface area (Å²) in [6.45, 7) is 4.19. The molecule has 0 unspecified atom stereocenters. The molecule has 6 nitrogen and oxygen atoms in total. The van der Waals surface area contributed by atoms with Gasteiger partial charge >= 0.3 is 5.97 Å². The molecule has 0 spiro atoms. The second kappa shape index (κ2) is 7.86. The van der Waals surface area contributed by atoms with Gasteiger partial charge in [0.05, 0.1) is 5.56 Å². The summed E-state index contributed by atoms with van der Waals surface area (Å²) in [6.07, 6.45) is 2.57. The summed E-state index contributed by atoms with van der Waals surface area (Å²) in [7, 11) is 0. The smallest absolute Gasteiger partial charge is 0.343 e. The highest BCUT2D eigenvalue weighted by Gasteiger charge is 2.10. The lowest BCUT2D eigenvalue weighted by Gasteiger charge is -2.06. The molecule has 3 rings (SSSR count). The van der Waals surface area contributed by atoms with E-state index in [0.717, 1.165) is 23.5 Å². The van der Waals surface area contributed by atoms with E-state index in [-0.39, 0.29) is 5.84 Å². The molecule has 2 aromatic carbocycles. The second-order valence-corrected chi connectivity index (χ2v) is 6.65. The van der Waals surface area contributed by atoms with Gasteiger partial charge in [0, 0.05) is 29.8 Å². The van der Waals surface area contributed by atoms with Crippen molar-refractivity contribution >= 4 is 11.8 Å².